The van der Waals surface area contributed by atoms with E-state index in [-0.39, 0.29) is 25.0 Å². The van der Waals surface area contributed by atoms with E-state index in [2.05, 4.69) is 20.1 Å². The van der Waals surface area contributed by atoms with Crippen LogP contribution in [0.1, 0.15) is 46.5 Å². The van der Waals surface area contributed by atoms with Crippen molar-refractivity contribution in [1.29, 1.82) is 0 Å². The first-order valence-electron chi connectivity index (χ1n) is 8.78. The Morgan fingerprint density at radius 3 is 2.38 bits per heavy atom. The van der Waals surface area contributed by atoms with E-state index >= 15 is 0 Å². The van der Waals surface area contributed by atoms with Crippen molar-refractivity contribution in [2.45, 2.75) is 64.1 Å². The molecule has 26 heavy (non-hydrogen) atoms. The largest absolute Gasteiger partial charge is 0.353 e. The molecule has 1 aliphatic carbocycles. The number of hydrogen-bond acceptors (Lipinski definition) is 5. The lowest BCUT2D eigenvalue weighted by molar-refractivity contribution is -0.137. The topological polar surface area (TPSA) is 137 Å². The predicted octanol–water partition coefficient (Wildman–Crippen LogP) is -0.812. The summed E-state index contributed by atoms with van der Waals surface area (Å²) in [6.07, 6.45) is 2.91. The zero-order valence-electron chi connectivity index (χ0n) is 15.3. The van der Waals surface area contributed by atoms with Gasteiger partial charge in [0.15, 0.2) is 0 Å². The highest BCUT2D eigenvalue weighted by Gasteiger charge is 2.54. The van der Waals surface area contributed by atoms with E-state index in [9.17, 15) is 22.8 Å². The third-order valence-corrected chi connectivity index (χ3v) is 5.89. The number of hydrogen-bond donors (Lipinski definition) is 4. The molecule has 4 amide bonds. The molecule has 1 atom stereocenters. The molecule has 1 unspecified atom stereocenters. The SMILES string of the molecule is CC(C)NS(=O)(=O)NCCNC(=O)C(C)N1C(=O)NC2(CCCC2)C1=O. The third-order valence-electron chi connectivity index (χ3n) is 4.52. The normalized spacial score (nSPS) is 20.7. The maximum Gasteiger partial charge on any atom is 0.325 e. The van der Waals surface area contributed by atoms with Crippen LogP contribution < -0.4 is 20.1 Å². The van der Waals surface area contributed by atoms with Crippen molar-refractivity contribution in [3.8, 4) is 0 Å². The van der Waals surface area contributed by atoms with Crippen molar-refractivity contribution < 1.29 is 22.8 Å². The van der Waals surface area contributed by atoms with Crippen molar-refractivity contribution in [3.63, 3.8) is 0 Å². The van der Waals surface area contributed by atoms with Crippen LogP contribution in [-0.2, 0) is 19.8 Å². The molecule has 11 heteroatoms. The second kappa shape index (κ2) is 7.89. The smallest absolute Gasteiger partial charge is 0.325 e. The standard InChI is InChI=1S/C15H27N5O5S/c1-10(2)19-26(24,25)17-9-8-16-12(21)11(3)20-13(22)15(18-14(20)23)6-4-5-7-15/h10-11,17,19H,4-9H2,1-3H3,(H,16,21)(H,18,23). The summed E-state index contributed by atoms with van der Waals surface area (Å²) in [6, 6.07) is -1.76. The first-order valence-corrected chi connectivity index (χ1v) is 10.3. The molecule has 1 aliphatic heterocycles. The number of nitrogens with one attached hydrogen (secondary N) is 4. The first kappa shape index (κ1) is 20.6. The van der Waals surface area contributed by atoms with Crippen LogP contribution in [0.2, 0.25) is 0 Å². The summed E-state index contributed by atoms with van der Waals surface area (Å²) in [5.41, 5.74) is -0.857. The highest BCUT2D eigenvalue weighted by Crippen LogP contribution is 2.35. The van der Waals surface area contributed by atoms with Crippen molar-refractivity contribution in [1.82, 2.24) is 25.0 Å². The molecule has 0 radical (unpaired) electrons. The Balaban J connectivity index is 1.84. The van der Waals surface area contributed by atoms with Crippen molar-refractivity contribution in [2.75, 3.05) is 13.1 Å². The van der Waals surface area contributed by atoms with E-state index in [0.717, 1.165) is 17.7 Å². The fourth-order valence-electron chi connectivity index (χ4n) is 3.30. The molecular weight excluding hydrogens is 362 g/mol. The van der Waals surface area contributed by atoms with Crippen LogP contribution >= 0.6 is 0 Å². The first-order chi connectivity index (χ1) is 12.1. The van der Waals surface area contributed by atoms with Crippen LogP contribution in [0.25, 0.3) is 0 Å². The Labute approximate surface area is 153 Å². The lowest BCUT2D eigenvalue weighted by atomic mass is 9.97. The summed E-state index contributed by atoms with van der Waals surface area (Å²) in [7, 11) is -3.63. The summed E-state index contributed by atoms with van der Waals surface area (Å²) < 4.78 is 27.9. The van der Waals surface area contributed by atoms with E-state index in [1.165, 1.54) is 6.92 Å². The van der Waals surface area contributed by atoms with Gasteiger partial charge in [0.2, 0.25) is 5.91 Å². The van der Waals surface area contributed by atoms with Gasteiger partial charge in [-0.2, -0.15) is 13.1 Å². The molecular formula is C15H27N5O5S. The Morgan fingerprint density at radius 2 is 1.81 bits per heavy atom. The second-order valence-corrected chi connectivity index (χ2v) is 8.56. The molecule has 0 aromatic heterocycles. The van der Waals surface area contributed by atoms with Gasteiger partial charge >= 0.3 is 6.03 Å². The van der Waals surface area contributed by atoms with Crippen LogP contribution in [0.15, 0.2) is 0 Å². The number of carbonyl (C=O) groups excluding carboxylic acids is 3. The van der Waals surface area contributed by atoms with E-state index in [1.54, 1.807) is 13.8 Å². The van der Waals surface area contributed by atoms with E-state index in [4.69, 9.17) is 0 Å². The number of rotatable bonds is 8. The Hall–Kier alpha value is -1.72. The molecule has 2 fully saturated rings. The van der Waals surface area contributed by atoms with Gasteiger partial charge in [-0.1, -0.05) is 12.8 Å². The Bertz CT molecular complexity index is 672. The molecule has 2 aliphatic rings. The molecule has 1 saturated heterocycles. The van der Waals surface area contributed by atoms with Gasteiger partial charge in [-0.15, -0.1) is 0 Å². The van der Waals surface area contributed by atoms with Gasteiger partial charge in [0.05, 0.1) is 0 Å². The minimum absolute atomic E-state index is 0.00933. The zero-order chi connectivity index (χ0) is 19.5. The van der Waals surface area contributed by atoms with Gasteiger partial charge < -0.3 is 10.6 Å². The minimum atomic E-state index is -3.63. The fraction of sp³-hybridized carbons (Fsp3) is 0.800. The van der Waals surface area contributed by atoms with Crippen LogP contribution in [0.5, 0.6) is 0 Å². The second-order valence-electron chi connectivity index (χ2n) is 7.03. The van der Waals surface area contributed by atoms with Gasteiger partial charge in [0, 0.05) is 19.1 Å². The van der Waals surface area contributed by atoms with Crippen molar-refractivity contribution in [2.24, 2.45) is 0 Å². The number of nitrogens with zero attached hydrogens (tertiary/aromatic N) is 1. The number of amides is 4. The van der Waals surface area contributed by atoms with E-state index < -0.39 is 33.7 Å². The summed E-state index contributed by atoms with van der Waals surface area (Å²) in [5, 5.41) is 5.27. The maximum absolute atomic E-state index is 12.6. The quantitative estimate of drug-likeness (QED) is 0.318. The fourth-order valence-corrected chi connectivity index (χ4v) is 4.37. The van der Waals surface area contributed by atoms with Gasteiger partial charge in [-0.25, -0.2) is 14.4 Å². The van der Waals surface area contributed by atoms with Crippen molar-refractivity contribution >= 4 is 28.1 Å². The van der Waals surface area contributed by atoms with Crippen LogP contribution in [-0.4, -0.2) is 61.9 Å². The van der Waals surface area contributed by atoms with Crippen LogP contribution in [0.3, 0.4) is 0 Å². The molecule has 0 aromatic carbocycles. The van der Waals surface area contributed by atoms with Crippen molar-refractivity contribution in [3.05, 3.63) is 0 Å². The molecule has 0 bridgehead atoms. The molecule has 1 spiro atoms. The maximum atomic E-state index is 12.6. The average molecular weight is 389 g/mol. The zero-order valence-corrected chi connectivity index (χ0v) is 16.1. The lowest BCUT2D eigenvalue weighted by Gasteiger charge is -2.23. The number of urea groups is 1. The third kappa shape index (κ3) is 4.51. The monoisotopic (exact) mass is 389 g/mol. The van der Waals surface area contributed by atoms with Gasteiger partial charge in [0.25, 0.3) is 16.1 Å². The van der Waals surface area contributed by atoms with Gasteiger partial charge in [0.1, 0.15) is 11.6 Å². The molecule has 148 valence electrons. The molecule has 4 N–H and O–H groups in total. The number of carbonyl (C=O) groups is 3. The summed E-state index contributed by atoms with van der Waals surface area (Å²) in [5.74, 6) is -0.871. The number of imide groups is 1. The molecule has 1 heterocycles. The Kier molecular flexibility index (Phi) is 6.25. The van der Waals surface area contributed by atoms with E-state index in [1.807, 2.05) is 0 Å². The molecule has 10 nitrogen and oxygen atoms in total. The molecule has 2 rings (SSSR count). The van der Waals surface area contributed by atoms with Crippen LogP contribution in [0.4, 0.5) is 4.79 Å². The average Bonchev–Trinajstić information content (AvgIpc) is 3.08. The molecule has 1 saturated carbocycles. The Morgan fingerprint density at radius 1 is 1.19 bits per heavy atom. The minimum Gasteiger partial charge on any atom is -0.353 e. The predicted molar refractivity (Wildman–Crippen MR) is 94.2 cm³/mol. The summed E-state index contributed by atoms with van der Waals surface area (Å²) in [4.78, 5) is 38.0. The lowest BCUT2D eigenvalue weighted by Crippen LogP contribution is -2.51. The summed E-state index contributed by atoms with van der Waals surface area (Å²) in [6.45, 7) is 4.89. The highest BCUT2D eigenvalue weighted by molar-refractivity contribution is 7.87. The van der Waals surface area contributed by atoms with E-state index in [0.29, 0.717) is 12.8 Å². The van der Waals surface area contributed by atoms with Crippen LogP contribution in [0, 0.1) is 0 Å². The van der Waals surface area contributed by atoms with Gasteiger partial charge in [-0.05, 0) is 33.6 Å². The highest BCUT2D eigenvalue weighted by atomic mass is 32.2. The van der Waals surface area contributed by atoms with Gasteiger partial charge in [-0.3, -0.25) is 9.59 Å². The summed E-state index contributed by atoms with van der Waals surface area (Å²) >= 11 is 0. The molecule has 0 aromatic rings.